The molecule has 1 rings (SSSR count). The van der Waals surface area contributed by atoms with Crippen molar-refractivity contribution in [3.63, 3.8) is 0 Å². The molecule has 2 N–H and O–H groups in total. The zero-order chi connectivity index (χ0) is 15.1. The molecule has 0 spiro atoms. The van der Waals surface area contributed by atoms with Crippen molar-refractivity contribution >= 4 is 18.0 Å². The van der Waals surface area contributed by atoms with Crippen molar-refractivity contribution in [2.75, 3.05) is 33.4 Å². The molecule has 0 aromatic carbocycles. The van der Waals surface area contributed by atoms with Crippen LogP contribution >= 0.6 is 0 Å². The number of nitrogens with zero attached hydrogens (tertiary/aromatic N) is 1. The zero-order valence-electron chi connectivity index (χ0n) is 11.6. The quantitative estimate of drug-likeness (QED) is 0.672. The number of carboxylic acids is 1. The fraction of sp³-hybridized carbons (Fsp3) is 0.750. The second-order valence-electron chi connectivity index (χ2n) is 4.46. The van der Waals surface area contributed by atoms with E-state index >= 15 is 0 Å². The summed E-state index contributed by atoms with van der Waals surface area (Å²) in [7, 11) is 1.25. The number of carboxylic acid groups (broad SMARTS) is 1. The van der Waals surface area contributed by atoms with Gasteiger partial charge in [-0.05, 0) is 6.42 Å². The van der Waals surface area contributed by atoms with Crippen LogP contribution in [0.1, 0.15) is 13.3 Å². The number of hydrogen-bond donors (Lipinski definition) is 2. The molecule has 2 atom stereocenters. The number of aliphatic carboxylic acids is 1. The Morgan fingerprint density at radius 1 is 1.50 bits per heavy atom. The number of urea groups is 1. The second-order valence-corrected chi connectivity index (χ2v) is 4.46. The Morgan fingerprint density at radius 2 is 2.20 bits per heavy atom. The average molecular weight is 288 g/mol. The van der Waals surface area contributed by atoms with Crippen LogP contribution in [-0.4, -0.2) is 67.4 Å². The summed E-state index contributed by atoms with van der Waals surface area (Å²) >= 11 is 0. The number of amides is 2. The van der Waals surface area contributed by atoms with Gasteiger partial charge >= 0.3 is 18.0 Å². The number of nitrogens with one attached hydrogen (secondary N) is 1. The maximum absolute atomic E-state index is 11.9. The first-order valence-corrected chi connectivity index (χ1v) is 6.44. The lowest BCUT2D eigenvalue weighted by molar-refractivity contribution is -0.158. The molecule has 2 unspecified atom stereocenters. The van der Waals surface area contributed by atoms with Crippen LogP contribution in [-0.2, 0) is 19.1 Å². The van der Waals surface area contributed by atoms with E-state index in [9.17, 15) is 14.4 Å². The van der Waals surface area contributed by atoms with Crippen molar-refractivity contribution in [3.8, 4) is 0 Å². The highest BCUT2D eigenvalue weighted by atomic mass is 16.6. The summed E-state index contributed by atoms with van der Waals surface area (Å²) in [6, 6.07) is -0.401. The molecule has 0 radical (unpaired) electrons. The number of carbonyl (C=O) groups is 3. The lowest BCUT2D eigenvalue weighted by Gasteiger charge is -2.31. The molecule has 0 aromatic rings. The predicted octanol–water partition coefficient (Wildman–Crippen LogP) is -0.319. The Bertz CT molecular complexity index is 373. The first-order valence-electron chi connectivity index (χ1n) is 6.44. The maximum Gasteiger partial charge on any atom is 0.336 e. The number of ether oxygens (including phenoxy) is 2. The molecule has 0 saturated carbocycles. The Kier molecular flexibility index (Phi) is 6.23. The topological polar surface area (TPSA) is 105 Å². The van der Waals surface area contributed by atoms with E-state index in [1.165, 1.54) is 12.0 Å². The largest absolute Gasteiger partial charge is 0.481 e. The van der Waals surface area contributed by atoms with Gasteiger partial charge in [0.25, 0.3) is 0 Å². The minimum Gasteiger partial charge on any atom is -0.481 e. The molecular weight excluding hydrogens is 268 g/mol. The van der Waals surface area contributed by atoms with Gasteiger partial charge in [-0.15, -0.1) is 0 Å². The van der Waals surface area contributed by atoms with Crippen LogP contribution in [0.25, 0.3) is 0 Å². The highest BCUT2D eigenvalue weighted by Crippen LogP contribution is 2.07. The van der Waals surface area contributed by atoms with Crippen molar-refractivity contribution in [2.45, 2.75) is 19.4 Å². The predicted molar refractivity (Wildman–Crippen MR) is 68.1 cm³/mol. The molecule has 0 aromatic heterocycles. The summed E-state index contributed by atoms with van der Waals surface area (Å²) in [6.45, 7) is 2.49. The minimum absolute atomic E-state index is 0.0604. The summed E-state index contributed by atoms with van der Waals surface area (Å²) in [5.74, 6) is -2.09. The molecule has 8 nitrogen and oxygen atoms in total. The third kappa shape index (κ3) is 4.37. The summed E-state index contributed by atoms with van der Waals surface area (Å²) in [5, 5.41) is 11.5. The van der Waals surface area contributed by atoms with Gasteiger partial charge in [0.15, 0.2) is 6.10 Å². The molecule has 1 heterocycles. The van der Waals surface area contributed by atoms with Crippen LogP contribution in [0.3, 0.4) is 0 Å². The minimum atomic E-state index is -0.942. The van der Waals surface area contributed by atoms with Crippen molar-refractivity contribution < 1.29 is 29.0 Å². The number of morpholine rings is 1. The summed E-state index contributed by atoms with van der Waals surface area (Å²) in [5.41, 5.74) is 0. The third-order valence-electron chi connectivity index (χ3n) is 3.16. The van der Waals surface area contributed by atoms with Crippen LogP contribution in [0.4, 0.5) is 4.79 Å². The Labute approximate surface area is 117 Å². The van der Waals surface area contributed by atoms with Crippen LogP contribution < -0.4 is 5.32 Å². The molecule has 0 bridgehead atoms. The number of carbonyl (C=O) groups excluding carboxylic acids is 2. The van der Waals surface area contributed by atoms with E-state index in [0.717, 1.165) is 0 Å². The normalized spacial score (nSPS) is 20.1. The molecule has 114 valence electrons. The molecule has 1 aliphatic rings. The highest BCUT2D eigenvalue weighted by Gasteiger charge is 2.30. The van der Waals surface area contributed by atoms with Gasteiger partial charge < -0.3 is 24.8 Å². The van der Waals surface area contributed by atoms with Gasteiger partial charge in [-0.25, -0.2) is 9.59 Å². The van der Waals surface area contributed by atoms with Crippen molar-refractivity contribution in [1.29, 1.82) is 0 Å². The van der Waals surface area contributed by atoms with E-state index in [4.69, 9.17) is 9.84 Å². The fourth-order valence-electron chi connectivity index (χ4n) is 1.84. The fourth-order valence-corrected chi connectivity index (χ4v) is 1.84. The van der Waals surface area contributed by atoms with E-state index in [1.54, 1.807) is 6.92 Å². The maximum atomic E-state index is 11.9. The van der Waals surface area contributed by atoms with Gasteiger partial charge in [-0.1, -0.05) is 6.92 Å². The summed E-state index contributed by atoms with van der Waals surface area (Å²) < 4.78 is 9.77. The van der Waals surface area contributed by atoms with Crippen molar-refractivity contribution in [2.24, 2.45) is 5.92 Å². The lowest BCUT2D eigenvalue weighted by atomic mass is 10.1. The SMILES string of the molecule is CCC(CNC(=O)N1CCOC(C(=O)OC)C1)C(=O)O. The van der Waals surface area contributed by atoms with E-state index in [-0.39, 0.29) is 19.7 Å². The smallest absolute Gasteiger partial charge is 0.336 e. The van der Waals surface area contributed by atoms with Crippen LogP contribution in [0.5, 0.6) is 0 Å². The van der Waals surface area contributed by atoms with Gasteiger partial charge in [0.1, 0.15) is 0 Å². The van der Waals surface area contributed by atoms with Gasteiger partial charge in [0.2, 0.25) is 0 Å². The molecule has 1 aliphatic heterocycles. The van der Waals surface area contributed by atoms with Gasteiger partial charge in [0.05, 0.1) is 26.2 Å². The second kappa shape index (κ2) is 7.68. The van der Waals surface area contributed by atoms with E-state index in [2.05, 4.69) is 10.1 Å². The Balaban J connectivity index is 2.46. The van der Waals surface area contributed by atoms with Crippen molar-refractivity contribution in [1.82, 2.24) is 10.2 Å². The lowest BCUT2D eigenvalue weighted by Crippen LogP contribution is -2.52. The summed E-state index contributed by atoms with van der Waals surface area (Å²) in [4.78, 5) is 35.5. The van der Waals surface area contributed by atoms with E-state index < -0.39 is 30.0 Å². The molecule has 20 heavy (non-hydrogen) atoms. The monoisotopic (exact) mass is 288 g/mol. The summed E-state index contributed by atoms with van der Waals surface area (Å²) in [6.07, 6.45) is -0.357. The number of methoxy groups -OCH3 is 1. The van der Waals surface area contributed by atoms with Crippen molar-refractivity contribution in [3.05, 3.63) is 0 Å². The zero-order valence-corrected chi connectivity index (χ0v) is 11.6. The molecular formula is C12H20N2O6. The first-order chi connectivity index (χ1) is 9.49. The van der Waals surface area contributed by atoms with Gasteiger partial charge in [-0.3, -0.25) is 4.79 Å². The number of hydrogen-bond acceptors (Lipinski definition) is 5. The standard InChI is InChI=1S/C12H20N2O6/c1-3-8(10(15)16)6-13-12(18)14-4-5-20-9(7-14)11(17)19-2/h8-9H,3-7H2,1-2H3,(H,13,18)(H,15,16). The molecule has 1 saturated heterocycles. The highest BCUT2D eigenvalue weighted by molar-refractivity contribution is 5.79. The number of esters is 1. The van der Waals surface area contributed by atoms with Crippen LogP contribution in [0.2, 0.25) is 0 Å². The van der Waals surface area contributed by atoms with Crippen LogP contribution in [0, 0.1) is 5.92 Å². The van der Waals surface area contributed by atoms with Crippen LogP contribution in [0.15, 0.2) is 0 Å². The Morgan fingerprint density at radius 3 is 2.75 bits per heavy atom. The molecule has 8 heteroatoms. The molecule has 2 amide bonds. The molecule has 1 fully saturated rings. The first kappa shape index (κ1) is 16.2. The third-order valence-corrected chi connectivity index (χ3v) is 3.16. The van der Waals surface area contributed by atoms with E-state index in [0.29, 0.717) is 13.0 Å². The average Bonchev–Trinajstić information content (AvgIpc) is 2.46. The Hall–Kier alpha value is -1.83. The molecule has 0 aliphatic carbocycles. The van der Waals surface area contributed by atoms with Gasteiger partial charge in [-0.2, -0.15) is 0 Å². The van der Waals surface area contributed by atoms with E-state index in [1.807, 2.05) is 0 Å². The number of rotatable bonds is 5. The van der Waals surface area contributed by atoms with Gasteiger partial charge in [0, 0.05) is 13.1 Å².